The zero-order chi connectivity index (χ0) is 14.2. The van der Waals surface area contributed by atoms with Gasteiger partial charge in [-0.2, -0.15) is 0 Å². The van der Waals surface area contributed by atoms with Gasteiger partial charge >= 0.3 is 5.16 Å². The summed E-state index contributed by atoms with van der Waals surface area (Å²) in [4.78, 5) is 6.63. The maximum absolute atomic E-state index is 12.3. The third kappa shape index (κ3) is 2.12. The molecule has 0 aliphatic carbocycles. The fourth-order valence-electron chi connectivity index (χ4n) is 1.98. The van der Waals surface area contributed by atoms with Gasteiger partial charge < -0.3 is 5.21 Å². The highest BCUT2D eigenvalue weighted by molar-refractivity contribution is 7.90. The summed E-state index contributed by atoms with van der Waals surface area (Å²) in [5, 5.41) is 11.7. The number of nitrogens with one attached hydrogen (secondary N) is 1. The first-order valence-electron chi connectivity index (χ1n) is 5.91. The van der Waals surface area contributed by atoms with Crippen LogP contribution in [0.4, 0.5) is 0 Å². The van der Waals surface area contributed by atoms with E-state index in [0.717, 1.165) is 0 Å². The van der Waals surface area contributed by atoms with Gasteiger partial charge in [0.2, 0.25) is 0 Å². The van der Waals surface area contributed by atoms with Gasteiger partial charge in [-0.25, -0.2) is 18.1 Å². The minimum Gasteiger partial charge on any atom is -0.710 e. The number of benzene rings is 1. The lowest BCUT2D eigenvalue weighted by Crippen LogP contribution is -2.32. The molecular formula is C13H11N3O3S. The predicted octanol–water partition coefficient (Wildman–Crippen LogP) is 1.17. The van der Waals surface area contributed by atoms with Crippen LogP contribution in [0.5, 0.6) is 0 Å². The van der Waals surface area contributed by atoms with E-state index in [-0.39, 0.29) is 10.9 Å². The Morgan fingerprint density at radius 3 is 2.60 bits per heavy atom. The molecule has 2 aromatic heterocycles. The number of H-pyrrole nitrogens is 1. The van der Waals surface area contributed by atoms with E-state index in [1.807, 2.05) is 0 Å². The van der Waals surface area contributed by atoms with E-state index < -0.39 is 9.84 Å². The van der Waals surface area contributed by atoms with Gasteiger partial charge in [0.15, 0.2) is 11.0 Å². The lowest BCUT2D eigenvalue weighted by molar-refractivity contribution is -0.620. The monoisotopic (exact) mass is 289 g/mol. The first-order chi connectivity index (χ1) is 9.58. The molecule has 2 heterocycles. The fourth-order valence-corrected chi connectivity index (χ4v) is 3.30. The molecule has 3 aromatic rings. The maximum Gasteiger partial charge on any atom is 0.378 e. The predicted molar refractivity (Wildman–Crippen MR) is 72.4 cm³/mol. The van der Waals surface area contributed by atoms with E-state index in [9.17, 15) is 13.6 Å². The molecule has 102 valence electrons. The Hall–Kier alpha value is -2.41. The Balaban J connectivity index is 2.08. The smallest absolute Gasteiger partial charge is 0.378 e. The number of hydrogen-bond acceptors (Lipinski definition) is 4. The number of rotatable bonds is 3. The van der Waals surface area contributed by atoms with Crippen LogP contribution in [-0.4, -0.2) is 18.4 Å². The van der Waals surface area contributed by atoms with Crippen molar-refractivity contribution in [3.05, 3.63) is 59.6 Å². The van der Waals surface area contributed by atoms with E-state index in [1.54, 1.807) is 42.5 Å². The molecule has 0 aliphatic heterocycles. The Labute approximate surface area is 115 Å². The van der Waals surface area contributed by atoms with Gasteiger partial charge in [0, 0.05) is 6.20 Å². The summed E-state index contributed by atoms with van der Waals surface area (Å²) in [7, 11) is -3.77. The number of aromatic amines is 1. The van der Waals surface area contributed by atoms with Gasteiger partial charge in [0.1, 0.15) is 5.75 Å². The second kappa shape index (κ2) is 4.61. The van der Waals surface area contributed by atoms with Crippen LogP contribution in [0.3, 0.4) is 0 Å². The fraction of sp³-hybridized carbons (Fsp3) is 0.0769. The van der Waals surface area contributed by atoms with Crippen molar-refractivity contribution in [3.63, 3.8) is 0 Å². The minimum absolute atomic E-state index is 0.298. The van der Waals surface area contributed by atoms with Crippen molar-refractivity contribution in [1.82, 2.24) is 9.97 Å². The molecule has 0 radical (unpaired) electrons. The molecule has 0 aliphatic rings. The number of pyridine rings is 1. The third-order valence-corrected chi connectivity index (χ3v) is 4.44. The number of imidazole rings is 1. The molecule has 0 amide bonds. The quantitative estimate of drug-likeness (QED) is 0.579. The van der Waals surface area contributed by atoms with Gasteiger partial charge in [-0.3, -0.25) is 4.98 Å². The molecule has 0 unspecified atom stereocenters. The third-order valence-electron chi connectivity index (χ3n) is 2.91. The SMILES string of the molecule is O=S(=O)(Cc1ccccn1)c1[nH]c2ccccc2[n+]1[O-]. The van der Waals surface area contributed by atoms with E-state index in [0.29, 0.717) is 21.5 Å². The van der Waals surface area contributed by atoms with Gasteiger partial charge in [-0.1, -0.05) is 18.2 Å². The Morgan fingerprint density at radius 1 is 1.15 bits per heavy atom. The molecule has 0 saturated carbocycles. The molecule has 0 atom stereocenters. The van der Waals surface area contributed by atoms with Crippen molar-refractivity contribution in [3.8, 4) is 0 Å². The number of nitrogens with zero attached hydrogens (tertiary/aromatic N) is 2. The molecule has 0 fully saturated rings. The lowest BCUT2D eigenvalue weighted by Gasteiger charge is -2.03. The van der Waals surface area contributed by atoms with E-state index in [2.05, 4.69) is 9.97 Å². The highest BCUT2D eigenvalue weighted by Gasteiger charge is 2.28. The summed E-state index contributed by atoms with van der Waals surface area (Å²) in [6.45, 7) is 0. The molecule has 7 heteroatoms. The minimum atomic E-state index is -3.77. The van der Waals surface area contributed by atoms with Crippen LogP contribution < -0.4 is 4.73 Å². The highest BCUT2D eigenvalue weighted by atomic mass is 32.2. The second-order valence-corrected chi connectivity index (χ2v) is 6.23. The number of fused-ring (bicyclic) bond motifs is 1. The number of aromatic nitrogens is 3. The number of para-hydroxylation sites is 2. The van der Waals surface area contributed by atoms with E-state index >= 15 is 0 Å². The molecule has 0 saturated heterocycles. The molecule has 1 N–H and O–H groups in total. The van der Waals surface area contributed by atoms with Crippen LogP contribution in [0, 0.1) is 5.21 Å². The number of hydrogen-bond donors (Lipinski definition) is 1. The molecule has 0 spiro atoms. The summed E-state index contributed by atoms with van der Waals surface area (Å²) in [5.41, 5.74) is 1.18. The summed E-state index contributed by atoms with van der Waals surface area (Å²) < 4.78 is 25.0. The highest BCUT2D eigenvalue weighted by Crippen LogP contribution is 2.15. The molecule has 20 heavy (non-hydrogen) atoms. The largest absolute Gasteiger partial charge is 0.710 e. The van der Waals surface area contributed by atoms with Crippen molar-refractivity contribution in [2.24, 2.45) is 0 Å². The van der Waals surface area contributed by atoms with Crippen LogP contribution in [0.25, 0.3) is 11.0 Å². The van der Waals surface area contributed by atoms with Gasteiger partial charge in [0.25, 0.3) is 9.84 Å². The second-order valence-electron chi connectivity index (χ2n) is 4.32. The van der Waals surface area contributed by atoms with Crippen LogP contribution in [0.15, 0.2) is 53.8 Å². The van der Waals surface area contributed by atoms with Crippen molar-refractivity contribution in [1.29, 1.82) is 0 Å². The number of sulfone groups is 1. The molecule has 3 rings (SSSR count). The lowest BCUT2D eigenvalue weighted by atomic mass is 10.3. The van der Waals surface area contributed by atoms with E-state index in [1.165, 1.54) is 6.20 Å². The molecule has 0 bridgehead atoms. The van der Waals surface area contributed by atoms with Crippen LogP contribution in [-0.2, 0) is 15.6 Å². The average Bonchev–Trinajstić information content (AvgIpc) is 2.78. The van der Waals surface area contributed by atoms with Crippen LogP contribution in [0.1, 0.15) is 5.69 Å². The Kier molecular flexibility index (Phi) is 2.90. The molecular weight excluding hydrogens is 278 g/mol. The summed E-state index contributed by atoms with van der Waals surface area (Å²) in [6.07, 6.45) is 1.52. The van der Waals surface area contributed by atoms with Gasteiger partial charge in [-0.15, -0.1) is 0 Å². The summed E-state index contributed by atoms with van der Waals surface area (Å²) in [5.74, 6) is -0.317. The van der Waals surface area contributed by atoms with Crippen molar-refractivity contribution in [2.75, 3.05) is 0 Å². The van der Waals surface area contributed by atoms with E-state index in [4.69, 9.17) is 0 Å². The summed E-state index contributed by atoms with van der Waals surface area (Å²) in [6, 6.07) is 11.6. The van der Waals surface area contributed by atoms with Gasteiger partial charge in [-0.05, 0) is 24.3 Å². The standard InChI is InChI=1S/C13H11N3O3S/c17-16-12-7-2-1-6-11(12)15-13(16)20(18,19)9-10-5-3-4-8-14-10/h1-8,15H,9H2. The van der Waals surface area contributed by atoms with Crippen LogP contribution in [0.2, 0.25) is 0 Å². The normalized spacial score (nSPS) is 11.8. The Bertz CT molecular complexity index is 857. The first kappa shape index (κ1) is 12.6. The first-order valence-corrected chi connectivity index (χ1v) is 7.56. The van der Waals surface area contributed by atoms with Crippen molar-refractivity contribution >= 4 is 20.9 Å². The average molecular weight is 289 g/mol. The van der Waals surface area contributed by atoms with Gasteiger partial charge in [0.05, 0.1) is 5.69 Å². The maximum atomic E-state index is 12.3. The Morgan fingerprint density at radius 2 is 1.90 bits per heavy atom. The zero-order valence-corrected chi connectivity index (χ0v) is 11.2. The van der Waals surface area contributed by atoms with Crippen LogP contribution >= 0.6 is 0 Å². The molecule has 6 nitrogen and oxygen atoms in total. The van der Waals surface area contributed by atoms with Crippen molar-refractivity contribution in [2.45, 2.75) is 10.9 Å². The topological polar surface area (TPSA) is 89.8 Å². The molecule has 1 aromatic carbocycles. The summed E-state index contributed by atoms with van der Waals surface area (Å²) >= 11 is 0. The van der Waals surface area contributed by atoms with Crippen molar-refractivity contribution < 1.29 is 13.1 Å². The zero-order valence-electron chi connectivity index (χ0n) is 10.4.